The van der Waals surface area contributed by atoms with Crippen molar-refractivity contribution in [3.63, 3.8) is 0 Å². The summed E-state index contributed by atoms with van der Waals surface area (Å²) in [6.45, 7) is 1.24. The number of carboxylic acid groups (broad SMARTS) is 1. The van der Waals surface area contributed by atoms with Gasteiger partial charge < -0.3 is 5.11 Å². The van der Waals surface area contributed by atoms with Gasteiger partial charge in [-0.05, 0) is 28.9 Å². The zero-order valence-electron chi connectivity index (χ0n) is 8.21. The molecule has 0 saturated carbocycles. The van der Waals surface area contributed by atoms with Gasteiger partial charge in [0.1, 0.15) is 10.9 Å². The molecule has 8 heteroatoms. The summed E-state index contributed by atoms with van der Waals surface area (Å²) in [4.78, 5) is 14.1. The number of nitrogens with one attached hydrogen (secondary N) is 1. The Balaban J connectivity index is 2.99. The van der Waals surface area contributed by atoms with Crippen molar-refractivity contribution in [2.45, 2.75) is 17.9 Å². The maximum Gasteiger partial charge on any atom is 0.321 e. The van der Waals surface area contributed by atoms with Crippen molar-refractivity contribution in [1.29, 1.82) is 0 Å². The van der Waals surface area contributed by atoms with E-state index in [-0.39, 0.29) is 4.90 Å². The highest BCUT2D eigenvalue weighted by Gasteiger charge is 2.21. The molecule has 0 amide bonds. The van der Waals surface area contributed by atoms with E-state index in [1.54, 1.807) is 0 Å². The van der Waals surface area contributed by atoms with Crippen LogP contribution in [0, 0.1) is 0 Å². The SMILES string of the molecule is C[C@H](NS(=O)(=O)c1cncc(Br)c1)C(=O)O. The summed E-state index contributed by atoms with van der Waals surface area (Å²) in [5, 5.41) is 8.59. The van der Waals surface area contributed by atoms with Crippen LogP contribution in [-0.4, -0.2) is 30.5 Å². The van der Waals surface area contributed by atoms with E-state index in [0.29, 0.717) is 4.47 Å². The number of carbonyl (C=O) groups is 1. The number of carboxylic acids is 1. The van der Waals surface area contributed by atoms with Gasteiger partial charge in [-0.2, -0.15) is 4.72 Å². The molecule has 0 aliphatic carbocycles. The number of aromatic nitrogens is 1. The second kappa shape index (κ2) is 4.89. The van der Waals surface area contributed by atoms with Crippen molar-refractivity contribution in [3.8, 4) is 0 Å². The van der Waals surface area contributed by atoms with Gasteiger partial charge in [-0.25, -0.2) is 8.42 Å². The number of nitrogens with zero attached hydrogens (tertiary/aromatic N) is 1. The largest absolute Gasteiger partial charge is 0.480 e. The van der Waals surface area contributed by atoms with Crippen LogP contribution in [0.5, 0.6) is 0 Å². The van der Waals surface area contributed by atoms with Crippen molar-refractivity contribution in [1.82, 2.24) is 9.71 Å². The number of hydrogen-bond acceptors (Lipinski definition) is 4. The molecule has 0 saturated heterocycles. The summed E-state index contributed by atoms with van der Waals surface area (Å²) in [7, 11) is -3.85. The van der Waals surface area contributed by atoms with E-state index < -0.39 is 22.0 Å². The second-order valence-corrected chi connectivity index (χ2v) is 5.65. The number of aliphatic carboxylic acids is 1. The fraction of sp³-hybridized carbons (Fsp3) is 0.250. The Labute approximate surface area is 101 Å². The van der Waals surface area contributed by atoms with E-state index in [9.17, 15) is 13.2 Å². The zero-order chi connectivity index (χ0) is 12.3. The fourth-order valence-electron chi connectivity index (χ4n) is 0.891. The van der Waals surface area contributed by atoms with E-state index in [1.165, 1.54) is 19.2 Å². The molecule has 6 nitrogen and oxygen atoms in total. The molecule has 0 unspecified atom stereocenters. The lowest BCUT2D eigenvalue weighted by Gasteiger charge is -2.09. The van der Waals surface area contributed by atoms with E-state index in [1.807, 2.05) is 4.72 Å². The van der Waals surface area contributed by atoms with Crippen molar-refractivity contribution in [2.24, 2.45) is 0 Å². The lowest BCUT2D eigenvalue weighted by molar-refractivity contribution is -0.138. The smallest absolute Gasteiger partial charge is 0.321 e. The molecule has 1 aromatic rings. The average molecular weight is 309 g/mol. The molecule has 88 valence electrons. The third-order valence-electron chi connectivity index (χ3n) is 1.69. The van der Waals surface area contributed by atoms with Crippen LogP contribution in [0.1, 0.15) is 6.92 Å². The quantitative estimate of drug-likeness (QED) is 0.849. The van der Waals surface area contributed by atoms with Gasteiger partial charge >= 0.3 is 5.97 Å². The first-order chi connectivity index (χ1) is 7.33. The van der Waals surface area contributed by atoms with Gasteiger partial charge in [-0.15, -0.1) is 0 Å². The molecule has 0 aromatic carbocycles. The predicted octanol–water partition coefficient (Wildman–Crippen LogP) is 0.595. The maximum atomic E-state index is 11.7. The third-order valence-corrected chi connectivity index (χ3v) is 3.63. The minimum absolute atomic E-state index is 0.0880. The van der Waals surface area contributed by atoms with Gasteiger partial charge in [0.2, 0.25) is 10.0 Å². The van der Waals surface area contributed by atoms with E-state index in [0.717, 1.165) is 6.20 Å². The molecule has 0 radical (unpaired) electrons. The van der Waals surface area contributed by atoms with Gasteiger partial charge in [0.15, 0.2) is 0 Å². The van der Waals surface area contributed by atoms with Crippen LogP contribution >= 0.6 is 15.9 Å². The van der Waals surface area contributed by atoms with Gasteiger partial charge in [0, 0.05) is 16.9 Å². The molecule has 0 bridgehead atoms. The number of hydrogen-bond donors (Lipinski definition) is 2. The summed E-state index contributed by atoms with van der Waals surface area (Å²) < 4.78 is 25.8. The van der Waals surface area contributed by atoms with Crippen molar-refractivity contribution >= 4 is 31.9 Å². The lowest BCUT2D eigenvalue weighted by atomic mass is 10.4. The van der Waals surface area contributed by atoms with Crippen molar-refractivity contribution < 1.29 is 18.3 Å². The first-order valence-corrected chi connectivity index (χ1v) is 6.46. The Kier molecular flexibility index (Phi) is 4.00. The van der Waals surface area contributed by atoms with Crippen LogP contribution in [0.25, 0.3) is 0 Å². The topological polar surface area (TPSA) is 96.4 Å². The lowest BCUT2D eigenvalue weighted by Crippen LogP contribution is -2.38. The number of pyridine rings is 1. The molecule has 0 fully saturated rings. The molecular weight excluding hydrogens is 300 g/mol. The minimum Gasteiger partial charge on any atom is -0.480 e. The van der Waals surface area contributed by atoms with Gasteiger partial charge in [0.25, 0.3) is 0 Å². The number of sulfonamides is 1. The van der Waals surface area contributed by atoms with Crippen LogP contribution in [0.4, 0.5) is 0 Å². The van der Waals surface area contributed by atoms with Crippen LogP contribution < -0.4 is 4.72 Å². The first kappa shape index (κ1) is 13.1. The summed E-state index contributed by atoms with van der Waals surface area (Å²) in [6.07, 6.45) is 2.57. The molecule has 0 aliphatic heterocycles. The average Bonchev–Trinajstić information content (AvgIpc) is 2.17. The predicted molar refractivity (Wildman–Crippen MR) is 59.4 cm³/mol. The first-order valence-electron chi connectivity index (χ1n) is 4.18. The molecular formula is C8H9BrN2O4S. The summed E-state index contributed by atoms with van der Waals surface area (Å²) >= 11 is 3.08. The Morgan fingerprint density at radius 1 is 1.56 bits per heavy atom. The third kappa shape index (κ3) is 3.26. The minimum atomic E-state index is -3.85. The summed E-state index contributed by atoms with van der Waals surface area (Å²) in [6, 6.07) is 0.146. The summed E-state index contributed by atoms with van der Waals surface area (Å²) in [5.41, 5.74) is 0. The van der Waals surface area contributed by atoms with E-state index in [2.05, 4.69) is 20.9 Å². The standard InChI is InChI=1S/C8H9BrN2O4S/c1-5(8(12)13)11-16(14,15)7-2-6(9)3-10-4-7/h2-5,11H,1H3,(H,12,13)/t5-/m0/s1. The number of rotatable bonds is 4. The van der Waals surface area contributed by atoms with Gasteiger partial charge in [0.05, 0.1) is 0 Å². The molecule has 1 aromatic heterocycles. The van der Waals surface area contributed by atoms with Crippen LogP contribution in [0.3, 0.4) is 0 Å². The molecule has 0 spiro atoms. The monoisotopic (exact) mass is 308 g/mol. The van der Waals surface area contributed by atoms with Crippen LogP contribution in [0.2, 0.25) is 0 Å². The Hall–Kier alpha value is -0.990. The van der Waals surface area contributed by atoms with Gasteiger partial charge in [-0.3, -0.25) is 9.78 Å². The number of halogens is 1. The fourth-order valence-corrected chi connectivity index (χ4v) is 2.59. The van der Waals surface area contributed by atoms with Gasteiger partial charge in [-0.1, -0.05) is 0 Å². The normalized spacial score (nSPS) is 13.4. The van der Waals surface area contributed by atoms with E-state index in [4.69, 9.17) is 5.11 Å². The highest BCUT2D eigenvalue weighted by atomic mass is 79.9. The highest BCUT2D eigenvalue weighted by Crippen LogP contribution is 2.14. The summed E-state index contributed by atoms with van der Waals surface area (Å²) in [5.74, 6) is -1.24. The molecule has 2 N–H and O–H groups in total. The Bertz CT molecular complexity index is 503. The molecule has 1 atom stereocenters. The second-order valence-electron chi connectivity index (χ2n) is 3.02. The molecule has 1 heterocycles. The molecule has 16 heavy (non-hydrogen) atoms. The molecule has 1 rings (SSSR count). The zero-order valence-corrected chi connectivity index (χ0v) is 10.6. The van der Waals surface area contributed by atoms with Crippen molar-refractivity contribution in [3.05, 3.63) is 22.9 Å². The Morgan fingerprint density at radius 2 is 2.19 bits per heavy atom. The van der Waals surface area contributed by atoms with Crippen LogP contribution in [0.15, 0.2) is 27.8 Å². The van der Waals surface area contributed by atoms with E-state index >= 15 is 0 Å². The Morgan fingerprint density at radius 3 is 2.69 bits per heavy atom. The van der Waals surface area contributed by atoms with Crippen molar-refractivity contribution in [2.75, 3.05) is 0 Å². The molecule has 0 aliphatic rings. The maximum absolute atomic E-state index is 11.7. The van der Waals surface area contributed by atoms with Crippen LogP contribution in [-0.2, 0) is 14.8 Å². The highest BCUT2D eigenvalue weighted by molar-refractivity contribution is 9.10.